The van der Waals surface area contributed by atoms with Crippen molar-refractivity contribution < 1.29 is 19.0 Å². The summed E-state index contributed by atoms with van der Waals surface area (Å²) in [5, 5.41) is 1.52. The Morgan fingerprint density at radius 2 is 1.59 bits per heavy atom. The molecule has 3 aromatic carbocycles. The molecule has 29 heavy (non-hydrogen) atoms. The van der Waals surface area contributed by atoms with Crippen LogP contribution in [-0.2, 0) is 0 Å². The zero-order valence-corrected chi connectivity index (χ0v) is 16.1. The zero-order chi connectivity index (χ0) is 20.2. The standard InChI is InChI=1S/C24H19NO4/c1-27-18-13-11-16(12-14-18)20-15-25-23(28-2)19-9-6-10-21(22(19)20)29-24(26)17-7-4-3-5-8-17/h3-15H,1-2H3. The molecule has 4 rings (SSSR count). The van der Waals surface area contributed by atoms with Crippen LogP contribution in [0.2, 0.25) is 0 Å². The molecule has 0 saturated carbocycles. The third kappa shape index (κ3) is 3.62. The second-order valence-corrected chi connectivity index (χ2v) is 6.34. The third-order valence-corrected chi connectivity index (χ3v) is 4.64. The molecule has 0 aliphatic carbocycles. The molecule has 5 nitrogen and oxygen atoms in total. The van der Waals surface area contributed by atoms with Gasteiger partial charge in [-0.15, -0.1) is 0 Å². The molecular weight excluding hydrogens is 366 g/mol. The Kier molecular flexibility index (Phi) is 5.12. The van der Waals surface area contributed by atoms with E-state index in [1.807, 2.05) is 42.5 Å². The molecule has 0 aliphatic heterocycles. The van der Waals surface area contributed by atoms with Crippen LogP contribution in [0.1, 0.15) is 10.4 Å². The molecule has 1 heterocycles. The highest BCUT2D eigenvalue weighted by Crippen LogP contribution is 2.39. The number of nitrogens with zero attached hydrogens (tertiary/aromatic N) is 1. The second kappa shape index (κ2) is 8.02. The van der Waals surface area contributed by atoms with Crippen LogP contribution in [0.5, 0.6) is 17.4 Å². The zero-order valence-electron chi connectivity index (χ0n) is 16.1. The first-order valence-electron chi connectivity index (χ1n) is 9.08. The van der Waals surface area contributed by atoms with Crippen LogP contribution in [0.25, 0.3) is 21.9 Å². The SMILES string of the molecule is COc1ccc(-c2cnc(OC)c3cccc(OC(=O)c4ccccc4)c23)cc1. The van der Waals surface area contributed by atoms with Gasteiger partial charge in [-0.2, -0.15) is 0 Å². The molecule has 1 aromatic heterocycles. The Morgan fingerprint density at radius 1 is 0.828 bits per heavy atom. The van der Waals surface area contributed by atoms with E-state index in [-0.39, 0.29) is 0 Å². The first-order chi connectivity index (χ1) is 14.2. The van der Waals surface area contributed by atoms with Gasteiger partial charge in [0.2, 0.25) is 5.88 Å². The lowest BCUT2D eigenvalue weighted by atomic mass is 9.99. The van der Waals surface area contributed by atoms with Gasteiger partial charge in [-0.1, -0.05) is 36.4 Å². The number of fused-ring (bicyclic) bond motifs is 1. The smallest absolute Gasteiger partial charge is 0.343 e. The molecule has 0 fully saturated rings. The first-order valence-corrected chi connectivity index (χ1v) is 9.08. The number of aromatic nitrogens is 1. The summed E-state index contributed by atoms with van der Waals surface area (Å²) in [6, 6.07) is 22.0. The normalized spacial score (nSPS) is 10.6. The predicted octanol–water partition coefficient (Wildman–Crippen LogP) is 5.14. The van der Waals surface area contributed by atoms with Crippen molar-refractivity contribution in [2.75, 3.05) is 14.2 Å². The monoisotopic (exact) mass is 385 g/mol. The highest BCUT2D eigenvalue weighted by Gasteiger charge is 2.17. The van der Waals surface area contributed by atoms with Crippen LogP contribution >= 0.6 is 0 Å². The maximum absolute atomic E-state index is 12.7. The second-order valence-electron chi connectivity index (χ2n) is 6.34. The molecule has 0 radical (unpaired) electrons. The van der Waals surface area contributed by atoms with Crippen molar-refractivity contribution in [1.82, 2.24) is 4.98 Å². The fourth-order valence-electron chi connectivity index (χ4n) is 3.21. The summed E-state index contributed by atoms with van der Waals surface area (Å²) < 4.78 is 16.5. The number of ether oxygens (including phenoxy) is 3. The lowest BCUT2D eigenvalue weighted by molar-refractivity contribution is 0.0737. The highest BCUT2D eigenvalue weighted by molar-refractivity contribution is 6.04. The molecule has 0 atom stereocenters. The Hall–Kier alpha value is -3.86. The molecule has 5 heteroatoms. The first kappa shape index (κ1) is 18.5. The van der Waals surface area contributed by atoms with E-state index in [4.69, 9.17) is 14.2 Å². The van der Waals surface area contributed by atoms with Gasteiger partial charge in [0.25, 0.3) is 0 Å². The number of carbonyl (C=O) groups is 1. The minimum Gasteiger partial charge on any atom is -0.497 e. The third-order valence-electron chi connectivity index (χ3n) is 4.64. The van der Waals surface area contributed by atoms with E-state index in [1.54, 1.807) is 50.7 Å². The lowest BCUT2D eigenvalue weighted by Gasteiger charge is -2.14. The summed E-state index contributed by atoms with van der Waals surface area (Å²) in [6.45, 7) is 0. The molecule has 0 amide bonds. The van der Waals surface area contributed by atoms with Gasteiger partial charge in [-0.25, -0.2) is 9.78 Å². The van der Waals surface area contributed by atoms with Crippen LogP contribution in [-0.4, -0.2) is 25.2 Å². The maximum atomic E-state index is 12.7. The number of rotatable bonds is 5. The van der Waals surface area contributed by atoms with E-state index in [2.05, 4.69) is 4.98 Å². The number of hydrogen-bond donors (Lipinski definition) is 0. The van der Waals surface area contributed by atoms with Crippen molar-refractivity contribution in [3.63, 3.8) is 0 Å². The van der Waals surface area contributed by atoms with E-state index in [0.717, 1.165) is 27.6 Å². The minimum absolute atomic E-state index is 0.422. The fraction of sp³-hybridized carbons (Fsp3) is 0.0833. The summed E-state index contributed by atoms with van der Waals surface area (Å²) in [6.07, 6.45) is 1.73. The quantitative estimate of drug-likeness (QED) is 0.352. The average molecular weight is 385 g/mol. The Labute approximate surface area is 168 Å². The largest absolute Gasteiger partial charge is 0.497 e. The van der Waals surface area contributed by atoms with E-state index in [1.165, 1.54) is 0 Å². The minimum atomic E-state index is -0.422. The summed E-state index contributed by atoms with van der Waals surface area (Å²) in [5.41, 5.74) is 2.24. The van der Waals surface area contributed by atoms with Gasteiger partial charge < -0.3 is 14.2 Å². The highest BCUT2D eigenvalue weighted by atomic mass is 16.5. The lowest BCUT2D eigenvalue weighted by Crippen LogP contribution is -2.08. The summed E-state index contributed by atoms with van der Waals surface area (Å²) in [4.78, 5) is 17.1. The van der Waals surface area contributed by atoms with Gasteiger partial charge in [0.05, 0.1) is 19.8 Å². The average Bonchev–Trinajstić information content (AvgIpc) is 2.79. The number of benzene rings is 3. The van der Waals surface area contributed by atoms with Crippen LogP contribution in [0.3, 0.4) is 0 Å². The topological polar surface area (TPSA) is 57.6 Å². The van der Waals surface area contributed by atoms with Gasteiger partial charge in [0.1, 0.15) is 11.5 Å². The summed E-state index contributed by atoms with van der Waals surface area (Å²) >= 11 is 0. The van der Waals surface area contributed by atoms with Crippen molar-refractivity contribution in [2.24, 2.45) is 0 Å². The Balaban J connectivity index is 1.87. The van der Waals surface area contributed by atoms with Crippen molar-refractivity contribution in [3.05, 3.63) is 84.6 Å². The number of methoxy groups -OCH3 is 2. The van der Waals surface area contributed by atoms with Crippen LogP contribution < -0.4 is 14.2 Å². The van der Waals surface area contributed by atoms with Gasteiger partial charge >= 0.3 is 5.97 Å². The van der Waals surface area contributed by atoms with E-state index in [0.29, 0.717) is 17.2 Å². The number of carbonyl (C=O) groups excluding carboxylic acids is 1. The van der Waals surface area contributed by atoms with E-state index >= 15 is 0 Å². The van der Waals surface area contributed by atoms with E-state index < -0.39 is 5.97 Å². The predicted molar refractivity (Wildman–Crippen MR) is 112 cm³/mol. The van der Waals surface area contributed by atoms with Crippen LogP contribution in [0.4, 0.5) is 0 Å². The molecule has 0 unspecified atom stereocenters. The van der Waals surface area contributed by atoms with Crippen LogP contribution in [0.15, 0.2) is 79.0 Å². The molecule has 0 saturated heterocycles. The number of hydrogen-bond acceptors (Lipinski definition) is 5. The molecule has 4 aromatic rings. The van der Waals surface area contributed by atoms with Gasteiger partial charge in [0, 0.05) is 22.5 Å². The molecular formula is C24H19NO4. The van der Waals surface area contributed by atoms with Gasteiger partial charge in [-0.3, -0.25) is 0 Å². The molecule has 144 valence electrons. The maximum Gasteiger partial charge on any atom is 0.343 e. The number of pyridine rings is 1. The molecule has 0 N–H and O–H groups in total. The van der Waals surface area contributed by atoms with Crippen molar-refractivity contribution >= 4 is 16.7 Å². The van der Waals surface area contributed by atoms with Gasteiger partial charge in [-0.05, 0) is 42.0 Å². The molecule has 0 bridgehead atoms. The Morgan fingerprint density at radius 3 is 2.28 bits per heavy atom. The van der Waals surface area contributed by atoms with Crippen molar-refractivity contribution in [2.45, 2.75) is 0 Å². The Bertz CT molecular complexity index is 1150. The van der Waals surface area contributed by atoms with Gasteiger partial charge in [0.15, 0.2) is 0 Å². The fourth-order valence-corrected chi connectivity index (χ4v) is 3.21. The summed E-state index contributed by atoms with van der Waals surface area (Å²) in [7, 11) is 3.19. The molecule has 0 aliphatic rings. The number of esters is 1. The molecule has 0 spiro atoms. The van der Waals surface area contributed by atoms with Crippen molar-refractivity contribution in [1.29, 1.82) is 0 Å². The van der Waals surface area contributed by atoms with Crippen molar-refractivity contribution in [3.8, 4) is 28.5 Å². The summed E-state index contributed by atoms with van der Waals surface area (Å²) in [5.74, 6) is 1.25. The van der Waals surface area contributed by atoms with E-state index in [9.17, 15) is 4.79 Å². The van der Waals surface area contributed by atoms with Crippen LogP contribution in [0, 0.1) is 0 Å².